The number of aliphatic hydroxyl groups is 1. The van der Waals surface area contributed by atoms with E-state index < -0.39 is 0 Å². The zero-order valence-corrected chi connectivity index (χ0v) is 7.83. The molecule has 1 rings (SSSR count). The van der Waals surface area contributed by atoms with Crippen LogP contribution < -0.4 is 11.1 Å². The van der Waals surface area contributed by atoms with Crippen LogP contribution in [0.1, 0.15) is 6.92 Å². The summed E-state index contributed by atoms with van der Waals surface area (Å²) in [4.78, 5) is 0. The van der Waals surface area contributed by atoms with Crippen LogP contribution in [0.2, 0.25) is 0 Å². The van der Waals surface area contributed by atoms with Crippen molar-refractivity contribution >= 4 is 11.4 Å². The van der Waals surface area contributed by atoms with E-state index in [2.05, 4.69) is 5.32 Å². The molecule has 4 N–H and O–H groups in total. The van der Waals surface area contributed by atoms with Crippen molar-refractivity contribution in [1.29, 1.82) is 0 Å². The molecule has 0 heterocycles. The molecule has 0 amide bonds. The highest BCUT2D eigenvalue weighted by Crippen LogP contribution is 2.11. The maximum absolute atomic E-state index is 8.80. The van der Waals surface area contributed by atoms with E-state index in [9.17, 15) is 0 Å². The minimum atomic E-state index is 0.204. The van der Waals surface area contributed by atoms with Gasteiger partial charge in [-0.1, -0.05) is 13.0 Å². The summed E-state index contributed by atoms with van der Waals surface area (Å²) in [5.74, 6) is 0.265. The summed E-state index contributed by atoms with van der Waals surface area (Å²) in [6.07, 6.45) is 0. The van der Waals surface area contributed by atoms with Crippen LogP contribution in [-0.4, -0.2) is 18.3 Å². The molecule has 0 aliphatic carbocycles. The molecular formula is C10H16N2O. The Morgan fingerprint density at radius 1 is 1.54 bits per heavy atom. The molecule has 0 spiro atoms. The van der Waals surface area contributed by atoms with Gasteiger partial charge in [-0.05, 0) is 24.1 Å². The van der Waals surface area contributed by atoms with Crippen molar-refractivity contribution in [1.82, 2.24) is 0 Å². The molecule has 13 heavy (non-hydrogen) atoms. The normalized spacial score (nSPS) is 12.5. The van der Waals surface area contributed by atoms with Gasteiger partial charge in [-0.3, -0.25) is 0 Å². The van der Waals surface area contributed by atoms with E-state index in [0.29, 0.717) is 0 Å². The fourth-order valence-electron chi connectivity index (χ4n) is 1.01. The quantitative estimate of drug-likeness (QED) is 0.612. The Kier molecular flexibility index (Phi) is 3.58. The van der Waals surface area contributed by atoms with Gasteiger partial charge in [0.25, 0.3) is 0 Å². The first kappa shape index (κ1) is 9.86. The van der Waals surface area contributed by atoms with Crippen molar-refractivity contribution in [2.45, 2.75) is 6.92 Å². The van der Waals surface area contributed by atoms with E-state index in [0.717, 1.165) is 17.9 Å². The number of anilines is 2. The Morgan fingerprint density at radius 2 is 2.31 bits per heavy atom. The van der Waals surface area contributed by atoms with Crippen LogP contribution >= 0.6 is 0 Å². The second-order valence-corrected chi connectivity index (χ2v) is 3.29. The Hall–Kier alpha value is -1.22. The standard InChI is InChI=1S/C10H16N2O/c1-8(7-13)6-12-10-4-2-3-9(11)5-10/h2-5,8,12-13H,6-7,11H2,1H3. The van der Waals surface area contributed by atoms with Gasteiger partial charge in [0, 0.05) is 24.5 Å². The van der Waals surface area contributed by atoms with E-state index >= 15 is 0 Å². The van der Waals surface area contributed by atoms with Crippen LogP contribution in [0.25, 0.3) is 0 Å². The SMILES string of the molecule is CC(CO)CNc1cccc(N)c1. The summed E-state index contributed by atoms with van der Waals surface area (Å²) in [6, 6.07) is 7.59. The fourth-order valence-corrected chi connectivity index (χ4v) is 1.01. The summed E-state index contributed by atoms with van der Waals surface area (Å²) in [5.41, 5.74) is 7.36. The third kappa shape index (κ3) is 3.34. The topological polar surface area (TPSA) is 58.3 Å². The van der Waals surface area contributed by atoms with Crippen molar-refractivity contribution in [3.63, 3.8) is 0 Å². The van der Waals surface area contributed by atoms with Crippen molar-refractivity contribution in [3.8, 4) is 0 Å². The fraction of sp³-hybridized carbons (Fsp3) is 0.400. The second-order valence-electron chi connectivity index (χ2n) is 3.29. The van der Waals surface area contributed by atoms with Gasteiger partial charge in [-0.2, -0.15) is 0 Å². The minimum absolute atomic E-state index is 0.204. The molecule has 0 bridgehead atoms. The van der Waals surface area contributed by atoms with Crippen molar-refractivity contribution in [3.05, 3.63) is 24.3 Å². The predicted octanol–water partition coefficient (Wildman–Crippen LogP) is 1.31. The van der Waals surface area contributed by atoms with E-state index in [-0.39, 0.29) is 12.5 Å². The summed E-state index contributed by atoms with van der Waals surface area (Å²) >= 11 is 0. The number of nitrogens with two attached hydrogens (primary N) is 1. The number of aliphatic hydroxyl groups excluding tert-OH is 1. The van der Waals surface area contributed by atoms with Gasteiger partial charge in [0.15, 0.2) is 0 Å². The van der Waals surface area contributed by atoms with Crippen LogP contribution in [-0.2, 0) is 0 Å². The summed E-state index contributed by atoms with van der Waals surface area (Å²) in [7, 11) is 0. The number of rotatable bonds is 4. The summed E-state index contributed by atoms with van der Waals surface area (Å²) in [6.45, 7) is 2.95. The average Bonchev–Trinajstić information content (AvgIpc) is 2.14. The molecule has 3 heteroatoms. The lowest BCUT2D eigenvalue weighted by Crippen LogP contribution is -2.14. The Morgan fingerprint density at radius 3 is 2.92 bits per heavy atom. The highest BCUT2D eigenvalue weighted by molar-refractivity contribution is 5.53. The lowest BCUT2D eigenvalue weighted by molar-refractivity contribution is 0.244. The van der Waals surface area contributed by atoms with Crippen LogP contribution in [0.5, 0.6) is 0 Å². The zero-order chi connectivity index (χ0) is 9.68. The Labute approximate surface area is 78.6 Å². The lowest BCUT2D eigenvalue weighted by atomic mass is 10.2. The Bertz CT molecular complexity index is 263. The van der Waals surface area contributed by atoms with Crippen LogP contribution in [0, 0.1) is 5.92 Å². The van der Waals surface area contributed by atoms with E-state index in [4.69, 9.17) is 10.8 Å². The van der Waals surface area contributed by atoms with Crippen molar-refractivity contribution in [2.24, 2.45) is 5.92 Å². The Balaban J connectivity index is 2.45. The molecule has 72 valence electrons. The number of hydrogen-bond donors (Lipinski definition) is 3. The molecule has 0 aromatic heterocycles. The molecular weight excluding hydrogens is 164 g/mol. The maximum atomic E-state index is 8.80. The van der Waals surface area contributed by atoms with Crippen LogP contribution in [0.4, 0.5) is 11.4 Å². The van der Waals surface area contributed by atoms with E-state index in [1.807, 2.05) is 31.2 Å². The van der Waals surface area contributed by atoms with Crippen molar-refractivity contribution < 1.29 is 5.11 Å². The van der Waals surface area contributed by atoms with Gasteiger partial charge in [0.2, 0.25) is 0 Å². The van der Waals surface area contributed by atoms with Crippen molar-refractivity contribution in [2.75, 3.05) is 24.2 Å². The molecule has 0 radical (unpaired) electrons. The van der Waals surface area contributed by atoms with Gasteiger partial charge < -0.3 is 16.2 Å². The van der Waals surface area contributed by atoms with Gasteiger partial charge in [0.1, 0.15) is 0 Å². The first-order valence-electron chi connectivity index (χ1n) is 4.42. The van der Waals surface area contributed by atoms with Crippen LogP contribution in [0.15, 0.2) is 24.3 Å². The molecule has 0 aliphatic rings. The first-order valence-corrected chi connectivity index (χ1v) is 4.42. The lowest BCUT2D eigenvalue weighted by Gasteiger charge is -2.10. The third-order valence-electron chi connectivity index (χ3n) is 1.85. The zero-order valence-electron chi connectivity index (χ0n) is 7.83. The summed E-state index contributed by atoms with van der Waals surface area (Å²) in [5, 5.41) is 12.0. The molecule has 3 nitrogen and oxygen atoms in total. The molecule has 1 aromatic carbocycles. The van der Waals surface area contributed by atoms with E-state index in [1.54, 1.807) is 0 Å². The minimum Gasteiger partial charge on any atom is -0.399 e. The van der Waals surface area contributed by atoms with Crippen LogP contribution in [0.3, 0.4) is 0 Å². The number of hydrogen-bond acceptors (Lipinski definition) is 3. The molecule has 0 fully saturated rings. The third-order valence-corrected chi connectivity index (χ3v) is 1.85. The second kappa shape index (κ2) is 4.72. The highest BCUT2D eigenvalue weighted by Gasteiger charge is 1.98. The maximum Gasteiger partial charge on any atom is 0.0473 e. The smallest absolute Gasteiger partial charge is 0.0473 e. The first-order chi connectivity index (χ1) is 6.22. The predicted molar refractivity (Wildman–Crippen MR) is 55.6 cm³/mol. The summed E-state index contributed by atoms with van der Waals surface area (Å²) < 4.78 is 0. The largest absolute Gasteiger partial charge is 0.399 e. The van der Waals surface area contributed by atoms with Gasteiger partial charge in [-0.25, -0.2) is 0 Å². The average molecular weight is 180 g/mol. The van der Waals surface area contributed by atoms with Gasteiger partial charge in [-0.15, -0.1) is 0 Å². The highest BCUT2D eigenvalue weighted by atomic mass is 16.3. The van der Waals surface area contributed by atoms with Gasteiger partial charge >= 0.3 is 0 Å². The van der Waals surface area contributed by atoms with Gasteiger partial charge in [0.05, 0.1) is 0 Å². The molecule has 1 aromatic rings. The monoisotopic (exact) mass is 180 g/mol. The number of nitrogens with one attached hydrogen (secondary N) is 1. The molecule has 0 aliphatic heterocycles. The molecule has 1 atom stereocenters. The number of benzene rings is 1. The molecule has 1 unspecified atom stereocenters. The number of nitrogen functional groups attached to an aromatic ring is 1. The van der Waals surface area contributed by atoms with E-state index in [1.165, 1.54) is 0 Å². The molecule has 0 saturated carbocycles. The molecule has 0 saturated heterocycles.